The molecule has 1 amide bonds. The molecule has 0 aliphatic carbocycles. The van der Waals surface area contributed by atoms with E-state index in [-0.39, 0.29) is 29.3 Å². The molecule has 2 heterocycles. The lowest BCUT2D eigenvalue weighted by molar-refractivity contribution is -0.0135. The average molecular weight is 354 g/mol. The van der Waals surface area contributed by atoms with E-state index in [4.69, 9.17) is 14.7 Å². The zero-order chi connectivity index (χ0) is 18.5. The van der Waals surface area contributed by atoms with Gasteiger partial charge in [-0.15, -0.1) is 0 Å². The number of nitrogens with one attached hydrogen (secondary N) is 1. The molecule has 1 aromatic heterocycles. The van der Waals surface area contributed by atoms with Gasteiger partial charge in [-0.05, 0) is 36.8 Å². The van der Waals surface area contributed by atoms with Crippen molar-refractivity contribution in [2.75, 3.05) is 13.2 Å². The van der Waals surface area contributed by atoms with Gasteiger partial charge in [-0.1, -0.05) is 0 Å². The maximum atomic E-state index is 12.4. The summed E-state index contributed by atoms with van der Waals surface area (Å²) in [5.74, 6) is 0.222. The molecular formula is C18H18N4O4. The lowest BCUT2D eigenvalue weighted by Gasteiger charge is -2.32. The average Bonchev–Trinajstić information content (AvgIpc) is 2.66. The molecule has 0 unspecified atom stereocenters. The van der Waals surface area contributed by atoms with Crippen LogP contribution in [-0.4, -0.2) is 41.0 Å². The van der Waals surface area contributed by atoms with E-state index in [2.05, 4.69) is 16.5 Å². The van der Waals surface area contributed by atoms with Gasteiger partial charge in [0.15, 0.2) is 0 Å². The monoisotopic (exact) mass is 354 g/mol. The third kappa shape index (κ3) is 4.07. The van der Waals surface area contributed by atoms with Crippen molar-refractivity contribution in [3.05, 3.63) is 58.0 Å². The molecular weight excluding hydrogens is 336 g/mol. The van der Waals surface area contributed by atoms with Crippen LogP contribution in [0.3, 0.4) is 0 Å². The SMILES string of the molecule is Cn1nc(C(=O)N[C@@H]2CCOC[C@H]2Oc2ccc(C#N)cc2)ccc1=O. The first-order valence-electron chi connectivity index (χ1n) is 8.16. The van der Waals surface area contributed by atoms with E-state index < -0.39 is 0 Å². The van der Waals surface area contributed by atoms with Gasteiger partial charge >= 0.3 is 0 Å². The van der Waals surface area contributed by atoms with Gasteiger partial charge in [0.25, 0.3) is 11.5 Å². The van der Waals surface area contributed by atoms with Gasteiger partial charge in [-0.25, -0.2) is 4.68 Å². The molecule has 8 heteroatoms. The van der Waals surface area contributed by atoms with Gasteiger partial charge in [0, 0.05) is 19.7 Å². The molecule has 26 heavy (non-hydrogen) atoms. The van der Waals surface area contributed by atoms with Crippen LogP contribution in [0, 0.1) is 11.3 Å². The summed E-state index contributed by atoms with van der Waals surface area (Å²) in [5, 5.41) is 15.7. The summed E-state index contributed by atoms with van der Waals surface area (Å²) in [7, 11) is 1.49. The number of hydrogen-bond acceptors (Lipinski definition) is 6. The molecule has 1 saturated heterocycles. The second-order valence-corrected chi connectivity index (χ2v) is 5.92. The molecule has 0 saturated carbocycles. The number of ether oxygens (including phenoxy) is 2. The van der Waals surface area contributed by atoms with E-state index in [1.165, 1.54) is 19.2 Å². The molecule has 1 aliphatic rings. The Kier molecular flexibility index (Phi) is 5.29. The maximum Gasteiger partial charge on any atom is 0.272 e. The number of carbonyl (C=O) groups is 1. The lowest BCUT2D eigenvalue weighted by atomic mass is 10.1. The predicted octanol–water partition coefficient (Wildman–Crippen LogP) is 0.618. The number of rotatable bonds is 4. The van der Waals surface area contributed by atoms with Gasteiger partial charge in [0.1, 0.15) is 17.5 Å². The number of benzene rings is 1. The molecule has 1 N–H and O–H groups in total. The normalized spacial score (nSPS) is 19.4. The fourth-order valence-electron chi connectivity index (χ4n) is 2.64. The number of hydrogen-bond donors (Lipinski definition) is 1. The second kappa shape index (κ2) is 7.80. The second-order valence-electron chi connectivity index (χ2n) is 5.92. The number of nitriles is 1. The van der Waals surface area contributed by atoms with Crippen molar-refractivity contribution >= 4 is 5.91 Å². The number of nitrogens with zero attached hydrogens (tertiary/aromatic N) is 3. The van der Waals surface area contributed by atoms with Crippen LogP contribution < -0.4 is 15.6 Å². The molecule has 2 aromatic rings. The van der Waals surface area contributed by atoms with E-state index in [1.807, 2.05) is 0 Å². The Balaban J connectivity index is 1.69. The quantitative estimate of drug-likeness (QED) is 0.863. The van der Waals surface area contributed by atoms with Gasteiger partial charge in [0.05, 0.1) is 24.3 Å². The molecule has 3 rings (SSSR count). The Morgan fingerprint density at radius 2 is 2.12 bits per heavy atom. The minimum Gasteiger partial charge on any atom is -0.486 e. The topological polar surface area (TPSA) is 106 Å². The first kappa shape index (κ1) is 17.6. The van der Waals surface area contributed by atoms with Crippen molar-refractivity contribution in [1.82, 2.24) is 15.1 Å². The van der Waals surface area contributed by atoms with E-state index in [1.54, 1.807) is 24.3 Å². The Morgan fingerprint density at radius 3 is 2.81 bits per heavy atom. The minimum atomic E-state index is -0.374. The van der Waals surface area contributed by atoms with Crippen LogP contribution in [0.15, 0.2) is 41.2 Å². The highest BCUT2D eigenvalue weighted by Gasteiger charge is 2.29. The zero-order valence-corrected chi connectivity index (χ0v) is 14.2. The van der Waals surface area contributed by atoms with E-state index in [9.17, 15) is 9.59 Å². The van der Waals surface area contributed by atoms with Crippen LogP contribution in [0.4, 0.5) is 0 Å². The summed E-state index contributed by atoms with van der Waals surface area (Å²) in [5.41, 5.74) is 0.424. The Bertz CT molecular complexity index is 885. The Morgan fingerprint density at radius 1 is 1.35 bits per heavy atom. The molecule has 0 bridgehead atoms. The van der Waals surface area contributed by atoms with Crippen molar-refractivity contribution < 1.29 is 14.3 Å². The van der Waals surface area contributed by atoms with Gasteiger partial charge in [-0.2, -0.15) is 10.4 Å². The first-order chi connectivity index (χ1) is 12.6. The fourth-order valence-corrected chi connectivity index (χ4v) is 2.64. The van der Waals surface area contributed by atoms with Crippen LogP contribution in [-0.2, 0) is 11.8 Å². The summed E-state index contributed by atoms with van der Waals surface area (Å²) < 4.78 is 12.5. The summed E-state index contributed by atoms with van der Waals surface area (Å²) in [6, 6.07) is 11.2. The third-order valence-corrected chi connectivity index (χ3v) is 4.08. The smallest absolute Gasteiger partial charge is 0.272 e. The summed E-state index contributed by atoms with van der Waals surface area (Å²) >= 11 is 0. The van der Waals surface area contributed by atoms with Crippen molar-refractivity contribution in [2.24, 2.45) is 7.05 Å². The summed E-state index contributed by atoms with van der Waals surface area (Å²) in [6.07, 6.45) is 0.228. The minimum absolute atomic E-state index is 0.163. The number of aromatic nitrogens is 2. The van der Waals surface area contributed by atoms with Crippen LogP contribution in [0.1, 0.15) is 22.5 Å². The number of amides is 1. The molecule has 0 radical (unpaired) electrons. The fraction of sp³-hybridized carbons (Fsp3) is 0.333. The maximum absolute atomic E-state index is 12.4. The van der Waals surface area contributed by atoms with Gasteiger partial charge in [-0.3, -0.25) is 9.59 Å². The van der Waals surface area contributed by atoms with Crippen LogP contribution in [0.2, 0.25) is 0 Å². The van der Waals surface area contributed by atoms with Gasteiger partial charge < -0.3 is 14.8 Å². The van der Waals surface area contributed by atoms with Crippen molar-refractivity contribution in [3.63, 3.8) is 0 Å². The molecule has 1 aliphatic heterocycles. The Hall–Kier alpha value is -3.18. The van der Waals surface area contributed by atoms with E-state index >= 15 is 0 Å². The summed E-state index contributed by atoms with van der Waals surface area (Å²) in [4.78, 5) is 23.8. The molecule has 2 atom stereocenters. The predicted molar refractivity (Wildman–Crippen MR) is 91.7 cm³/mol. The molecule has 134 valence electrons. The summed E-state index contributed by atoms with van der Waals surface area (Å²) in [6.45, 7) is 0.852. The number of carbonyl (C=O) groups excluding carboxylic acids is 1. The standard InChI is InChI=1S/C18H18N4O4/c1-22-17(23)7-6-15(21-22)18(24)20-14-8-9-25-11-16(14)26-13-4-2-12(10-19)3-5-13/h2-7,14,16H,8-9,11H2,1H3,(H,20,24)/t14-,16-/m1/s1. The van der Waals surface area contributed by atoms with E-state index in [0.29, 0.717) is 30.9 Å². The largest absolute Gasteiger partial charge is 0.486 e. The molecule has 1 aromatic carbocycles. The van der Waals surface area contributed by atoms with Crippen molar-refractivity contribution in [2.45, 2.75) is 18.6 Å². The highest BCUT2D eigenvalue weighted by molar-refractivity contribution is 5.92. The van der Waals surface area contributed by atoms with Crippen LogP contribution >= 0.6 is 0 Å². The number of aryl methyl sites for hydroxylation is 1. The highest BCUT2D eigenvalue weighted by Crippen LogP contribution is 2.18. The Labute approximate surface area is 150 Å². The van der Waals surface area contributed by atoms with E-state index in [0.717, 1.165) is 4.68 Å². The highest BCUT2D eigenvalue weighted by atomic mass is 16.5. The third-order valence-electron chi connectivity index (χ3n) is 4.08. The first-order valence-corrected chi connectivity index (χ1v) is 8.16. The molecule has 0 spiro atoms. The van der Waals surface area contributed by atoms with Crippen molar-refractivity contribution in [3.8, 4) is 11.8 Å². The van der Waals surface area contributed by atoms with Crippen LogP contribution in [0.5, 0.6) is 5.75 Å². The van der Waals surface area contributed by atoms with Gasteiger partial charge in [0.2, 0.25) is 0 Å². The van der Waals surface area contributed by atoms with Crippen molar-refractivity contribution in [1.29, 1.82) is 5.26 Å². The van der Waals surface area contributed by atoms with Crippen LogP contribution in [0.25, 0.3) is 0 Å². The zero-order valence-electron chi connectivity index (χ0n) is 14.2. The molecule has 1 fully saturated rings. The lowest BCUT2D eigenvalue weighted by Crippen LogP contribution is -2.51. The molecule has 8 nitrogen and oxygen atoms in total.